The normalized spacial score (nSPS) is 10.9. The molecule has 124 valence electrons. The molecule has 0 unspecified atom stereocenters. The number of hydrogen-bond acceptors (Lipinski definition) is 5. The number of hydrogen-bond donors (Lipinski definition) is 1. The molecule has 1 N–H and O–H groups in total. The average molecular weight is 333 g/mol. The van der Waals surface area contributed by atoms with Gasteiger partial charge >= 0.3 is 5.97 Å². The van der Waals surface area contributed by atoms with Gasteiger partial charge in [0.05, 0.1) is 12.3 Å². The van der Waals surface area contributed by atoms with Gasteiger partial charge in [-0.3, -0.25) is 5.10 Å². The van der Waals surface area contributed by atoms with Crippen LogP contribution in [0.15, 0.2) is 59.0 Å². The third-order valence-electron chi connectivity index (χ3n) is 3.79. The number of benzene rings is 2. The number of nitrogens with one attached hydrogen (secondary N) is 1. The van der Waals surface area contributed by atoms with Crippen LogP contribution in [0.3, 0.4) is 0 Å². The van der Waals surface area contributed by atoms with E-state index in [-0.39, 0.29) is 0 Å². The highest BCUT2D eigenvalue weighted by Gasteiger charge is 2.12. The van der Waals surface area contributed by atoms with Crippen LogP contribution in [-0.4, -0.2) is 27.8 Å². The van der Waals surface area contributed by atoms with E-state index < -0.39 is 5.97 Å². The van der Waals surface area contributed by atoms with Crippen LogP contribution >= 0.6 is 0 Å². The van der Waals surface area contributed by atoms with Gasteiger partial charge in [0.2, 0.25) is 5.89 Å². The van der Waals surface area contributed by atoms with E-state index in [0.29, 0.717) is 23.9 Å². The molecule has 0 fully saturated rings. The summed E-state index contributed by atoms with van der Waals surface area (Å²) in [5.41, 5.74) is 4.35. The van der Waals surface area contributed by atoms with Gasteiger partial charge in [-0.25, -0.2) is 9.78 Å². The SMILES string of the molecule is CCOC(=O)c1cc(-c2ccc(-c3nc4ccccc4o3)cc2)n[nH]1. The highest BCUT2D eigenvalue weighted by atomic mass is 16.5. The Morgan fingerprint density at radius 1 is 1.12 bits per heavy atom. The zero-order valence-corrected chi connectivity index (χ0v) is 13.5. The standard InChI is InChI=1S/C19H15N3O3/c1-2-24-19(23)16-11-15(21-22-16)12-7-9-13(10-8-12)18-20-14-5-3-4-6-17(14)25-18/h3-11H,2H2,1H3,(H,21,22). The summed E-state index contributed by atoms with van der Waals surface area (Å²) in [6, 6.07) is 17.0. The van der Waals surface area contributed by atoms with Crippen molar-refractivity contribution in [3.8, 4) is 22.7 Å². The van der Waals surface area contributed by atoms with Gasteiger partial charge in [-0.1, -0.05) is 24.3 Å². The molecule has 0 aliphatic carbocycles. The van der Waals surface area contributed by atoms with Crippen molar-refractivity contribution in [1.82, 2.24) is 15.2 Å². The summed E-state index contributed by atoms with van der Waals surface area (Å²) < 4.78 is 10.7. The molecule has 0 saturated heterocycles. The Morgan fingerprint density at radius 2 is 1.88 bits per heavy atom. The number of nitrogens with zero attached hydrogens (tertiary/aromatic N) is 2. The largest absolute Gasteiger partial charge is 0.461 e. The second kappa shape index (κ2) is 6.24. The number of oxazole rings is 1. The Balaban J connectivity index is 1.60. The van der Waals surface area contributed by atoms with Crippen molar-refractivity contribution in [2.75, 3.05) is 6.61 Å². The van der Waals surface area contributed by atoms with Crippen LogP contribution in [0, 0.1) is 0 Å². The van der Waals surface area contributed by atoms with Gasteiger partial charge in [-0.15, -0.1) is 0 Å². The van der Waals surface area contributed by atoms with E-state index in [1.807, 2.05) is 48.5 Å². The fourth-order valence-electron chi connectivity index (χ4n) is 2.56. The molecule has 0 saturated carbocycles. The summed E-state index contributed by atoms with van der Waals surface area (Å²) in [5, 5.41) is 6.86. The molecule has 4 rings (SSSR count). The number of H-pyrrole nitrogens is 1. The number of rotatable bonds is 4. The summed E-state index contributed by atoms with van der Waals surface area (Å²) in [4.78, 5) is 16.2. The molecule has 0 radical (unpaired) electrons. The van der Waals surface area contributed by atoms with Crippen LogP contribution in [0.25, 0.3) is 33.8 Å². The summed E-state index contributed by atoms with van der Waals surface area (Å²) in [6.45, 7) is 2.09. The molecule has 6 nitrogen and oxygen atoms in total. The molecule has 0 spiro atoms. The van der Waals surface area contributed by atoms with Crippen LogP contribution in [-0.2, 0) is 4.74 Å². The number of ether oxygens (including phenoxy) is 1. The molecule has 2 aromatic carbocycles. The van der Waals surface area contributed by atoms with Gasteiger partial charge in [-0.2, -0.15) is 5.10 Å². The van der Waals surface area contributed by atoms with E-state index >= 15 is 0 Å². The minimum atomic E-state index is -0.413. The lowest BCUT2D eigenvalue weighted by Crippen LogP contribution is -2.04. The molecule has 4 aromatic rings. The highest BCUT2D eigenvalue weighted by molar-refractivity contribution is 5.88. The van der Waals surface area contributed by atoms with E-state index in [9.17, 15) is 4.79 Å². The number of aromatic nitrogens is 3. The summed E-state index contributed by atoms with van der Waals surface area (Å²) in [5.74, 6) is 0.159. The average Bonchev–Trinajstić information content (AvgIpc) is 3.29. The zero-order chi connectivity index (χ0) is 17.2. The van der Waals surface area contributed by atoms with E-state index in [1.165, 1.54) is 0 Å². The maximum atomic E-state index is 11.7. The Morgan fingerprint density at radius 3 is 2.64 bits per heavy atom. The molecule has 0 bridgehead atoms. The molecule has 0 atom stereocenters. The maximum absolute atomic E-state index is 11.7. The zero-order valence-electron chi connectivity index (χ0n) is 13.5. The predicted octanol–water partition coefficient (Wildman–Crippen LogP) is 4.06. The monoisotopic (exact) mass is 333 g/mol. The molecular formula is C19H15N3O3. The van der Waals surface area contributed by atoms with Gasteiger partial charge in [0.1, 0.15) is 11.2 Å². The number of fused-ring (bicyclic) bond motifs is 1. The van der Waals surface area contributed by atoms with Crippen LogP contribution in [0.5, 0.6) is 0 Å². The fraction of sp³-hybridized carbons (Fsp3) is 0.105. The third-order valence-corrected chi connectivity index (χ3v) is 3.79. The van der Waals surface area contributed by atoms with Gasteiger partial charge < -0.3 is 9.15 Å². The van der Waals surface area contributed by atoms with E-state index in [1.54, 1.807) is 13.0 Å². The lowest BCUT2D eigenvalue weighted by Gasteiger charge is -1.98. The first-order valence-corrected chi connectivity index (χ1v) is 7.93. The first-order chi connectivity index (χ1) is 12.2. The maximum Gasteiger partial charge on any atom is 0.356 e. The number of aromatic amines is 1. The van der Waals surface area contributed by atoms with Crippen molar-refractivity contribution in [1.29, 1.82) is 0 Å². The Bertz CT molecular complexity index is 998. The second-order valence-corrected chi connectivity index (χ2v) is 5.45. The van der Waals surface area contributed by atoms with Crippen molar-refractivity contribution >= 4 is 17.1 Å². The Kier molecular flexibility index (Phi) is 3.78. The third kappa shape index (κ3) is 2.89. The molecule has 2 heterocycles. The fourth-order valence-corrected chi connectivity index (χ4v) is 2.56. The molecule has 25 heavy (non-hydrogen) atoms. The van der Waals surface area contributed by atoms with Crippen LogP contribution < -0.4 is 0 Å². The summed E-state index contributed by atoms with van der Waals surface area (Å²) >= 11 is 0. The summed E-state index contributed by atoms with van der Waals surface area (Å²) in [7, 11) is 0. The van der Waals surface area contributed by atoms with Crippen LogP contribution in [0.2, 0.25) is 0 Å². The smallest absolute Gasteiger partial charge is 0.356 e. The quantitative estimate of drug-likeness (QED) is 0.570. The minimum Gasteiger partial charge on any atom is -0.461 e. The van der Waals surface area contributed by atoms with Crippen molar-refractivity contribution in [3.63, 3.8) is 0 Å². The van der Waals surface area contributed by atoms with Gasteiger partial charge in [-0.05, 0) is 37.3 Å². The Labute approximate surface area is 143 Å². The van der Waals surface area contributed by atoms with E-state index in [4.69, 9.17) is 9.15 Å². The predicted molar refractivity (Wildman–Crippen MR) is 93.0 cm³/mol. The number of carbonyl (C=O) groups is 1. The second-order valence-electron chi connectivity index (χ2n) is 5.45. The lowest BCUT2D eigenvalue weighted by molar-refractivity contribution is 0.0519. The lowest BCUT2D eigenvalue weighted by atomic mass is 10.1. The van der Waals surface area contributed by atoms with E-state index in [0.717, 1.165) is 22.2 Å². The van der Waals surface area contributed by atoms with Gasteiger partial charge in [0.25, 0.3) is 0 Å². The molecule has 6 heteroatoms. The topological polar surface area (TPSA) is 81.0 Å². The first kappa shape index (κ1) is 15.1. The van der Waals surface area contributed by atoms with Crippen LogP contribution in [0.1, 0.15) is 17.4 Å². The van der Waals surface area contributed by atoms with Crippen molar-refractivity contribution in [2.24, 2.45) is 0 Å². The van der Waals surface area contributed by atoms with Crippen molar-refractivity contribution < 1.29 is 13.9 Å². The molecule has 0 amide bonds. The summed E-state index contributed by atoms with van der Waals surface area (Å²) in [6.07, 6.45) is 0. The minimum absolute atomic E-state index is 0.326. The van der Waals surface area contributed by atoms with Crippen molar-refractivity contribution in [2.45, 2.75) is 6.92 Å². The molecule has 0 aliphatic rings. The van der Waals surface area contributed by atoms with E-state index in [2.05, 4.69) is 15.2 Å². The first-order valence-electron chi connectivity index (χ1n) is 7.93. The van der Waals surface area contributed by atoms with Gasteiger partial charge in [0.15, 0.2) is 5.58 Å². The number of esters is 1. The molecule has 0 aliphatic heterocycles. The van der Waals surface area contributed by atoms with Crippen LogP contribution in [0.4, 0.5) is 0 Å². The van der Waals surface area contributed by atoms with Gasteiger partial charge in [0, 0.05) is 11.1 Å². The molecule has 2 aromatic heterocycles. The highest BCUT2D eigenvalue weighted by Crippen LogP contribution is 2.26. The number of carbonyl (C=O) groups excluding carboxylic acids is 1. The van der Waals surface area contributed by atoms with Crippen molar-refractivity contribution in [3.05, 3.63) is 60.3 Å². The Hall–Kier alpha value is -3.41. The number of para-hydroxylation sites is 2. The molecular weight excluding hydrogens is 318 g/mol.